The third-order valence-corrected chi connectivity index (χ3v) is 3.00. The summed E-state index contributed by atoms with van der Waals surface area (Å²) in [6.45, 7) is 4.16. The smallest absolute Gasteiger partial charge is 0.159 e. The van der Waals surface area contributed by atoms with Gasteiger partial charge in [0.2, 0.25) is 0 Å². The predicted molar refractivity (Wildman–Crippen MR) is 79.1 cm³/mol. The van der Waals surface area contributed by atoms with Crippen LogP contribution >= 0.6 is 0 Å². The van der Waals surface area contributed by atoms with E-state index in [1.807, 2.05) is 18.2 Å². The fourth-order valence-electron chi connectivity index (χ4n) is 2.06. The Hall–Kier alpha value is -2.22. The normalized spacial score (nSPS) is 14.8. The van der Waals surface area contributed by atoms with Crippen LogP contribution in [0.5, 0.6) is 0 Å². The van der Waals surface area contributed by atoms with Gasteiger partial charge < -0.3 is 0 Å². The molecule has 0 N–H and O–H groups in total. The minimum Gasteiger partial charge on any atom is -0.236 e. The first-order chi connectivity index (χ1) is 11.3. The van der Waals surface area contributed by atoms with Crippen molar-refractivity contribution in [2.24, 2.45) is 0 Å². The Morgan fingerprint density at radius 1 is 1.11 bits per heavy atom. The summed E-state index contributed by atoms with van der Waals surface area (Å²) in [7, 11) is 0. The molecule has 0 aliphatic carbocycles. The summed E-state index contributed by atoms with van der Waals surface area (Å²) >= 11 is 0. The third-order valence-electron chi connectivity index (χ3n) is 3.00. The van der Waals surface area contributed by atoms with Crippen LogP contribution in [0.2, 0.25) is 0 Å². The first-order valence-corrected chi connectivity index (χ1v) is 6.16. The van der Waals surface area contributed by atoms with Crippen LogP contribution in [0.25, 0.3) is 22.3 Å². The highest BCUT2D eigenvalue weighted by atomic mass is 14.9. The van der Waals surface area contributed by atoms with Gasteiger partial charge in [0.1, 0.15) is 0 Å². The van der Waals surface area contributed by atoms with E-state index in [-0.39, 0.29) is 35.6 Å². The molecule has 0 bridgehead atoms. The van der Waals surface area contributed by atoms with Crippen LogP contribution in [0, 0.1) is 0 Å². The first-order valence-electron chi connectivity index (χ1n) is 8.66. The van der Waals surface area contributed by atoms with Crippen molar-refractivity contribution in [3.63, 3.8) is 0 Å². The maximum atomic E-state index is 8.04. The van der Waals surface area contributed by atoms with Gasteiger partial charge in [0, 0.05) is 17.1 Å². The molecule has 3 rings (SSSR count). The van der Waals surface area contributed by atoms with Gasteiger partial charge in [-0.1, -0.05) is 56.2 Å². The Morgan fingerprint density at radius 2 is 1.89 bits per heavy atom. The lowest BCUT2D eigenvalue weighted by molar-refractivity contribution is 0.875. The number of benzene rings is 2. The van der Waals surface area contributed by atoms with Crippen LogP contribution in [-0.4, -0.2) is 9.97 Å². The van der Waals surface area contributed by atoms with Crippen LogP contribution < -0.4 is 0 Å². The Labute approximate surface area is 120 Å². The summed E-state index contributed by atoms with van der Waals surface area (Å²) in [5.74, 6) is 0.448. The van der Waals surface area contributed by atoms with E-state index in [1.165, 1.54) is 0 Å². The Bertz CT molecular complexity index is 924. The molecule has 0 aliphatic rings. The van der Waals surface area contributed by atoms with Crippen molar-refractivity contribution in [3.8, 4) is 11.4 Å². The number of aromatic nitrogens is 2. The average molecular weight is 253 g/mol. The van der Waals surface area contributed by atoms with Crippen molar-refractivity contribution in [2.75, 3.05) is 0 Å². The zero-order chi connectivity index (χ0) is 17.6. The highest BCUT2D eigenvalue weighted by Gasteiger charge is 2.08. The quantitative estimate of drug-likeness (QED) is 0.675. The molecule has 0 fully saturated rings. The van der Waals surface area contributed by atoms with Gasteiger partial charge in [0.25, 0.3) is 0 Å². The Morgan fingerprint density at radius 3 is 2.63 bits per heavy atom. The highest BCUT2D eigenvalue weighted by Crippen LogP contribution is 2.25. The van der Waals surface area contributed by atoms with Crippen LogP contribution in [0.3, 0.4) is 0 Å². The number of fused-ring (bicyclic) bond motifs is 1. The largest absolute Gasteiger partial charge is 0.236 e. The van der Waals surface area contributed by atoms with Crippen molar-refractivity contribution in [1.29, 1.82) is 0 Å². The second-order valence-corrected chi connectivity index (χ2v) is 4.63. The second-order valence-electron chi connectivity index (χ2n) is 4.63. The highest BCUT2D eigenvalue weighted by molar-refractivity contribution is 5.83. The van der Waals surface area contributed by atoms with Crippen molar-refractivity contribution in [1.82, 2.24) is 9.97 Å². The number of hydrogen-bond donors (Lipinski definition) is 0. The predicted octanol–water partition coefficient (Wildman–Crippen LogP) is 4.42. The van der Waals surface area contributed by atoms with Gasteiger partial charge in [-0.15, -0.1) is 0 Å². The van der Waals surface area contributed by atoms with Gasteiger partial charge in [-0.05, 0) is 17.5 Å². The van der Waals surface area contributed by atoms with E-state index in [4.69, 9.17) is 6.85 Å². The van der Waals surface area contributed by atoms with E-state index >= 15 is 0 Å². The summed E-state index contributed by atoms with van der Waals surface area (Å²) in [6.07, 6.45) is 1.66. The molecule has 2 nitrogen and oxygen atoms in total. The van der Waals surface area contributed by atoms with Gasteiger partial charge in [-0.25, -0.2) is 9.97 Å². The molecule has 0 spiro atoms. The number of nitrogens with zero attached hydrogens (tertiary/aromatic N) is 2. The van der Waals surface area contributed by atoms with Crippen molar-refractivity contribution >= 4 is 10.9 Å². The molecule has 0 saturated heterocycles. The minimum absolute atomic E-state index is 0.0258. The van der Waals surface area contributed by atoms with Crippen LogP contribution in [-0.2, 0) is 0 Å². The summed E-state index contributed by atoms with van der Waals surface area (Å²) in [5.41, 5.74) is 1.83. The van der Waals surface area contributed by atoms with Crippen LogP contribution in [0.1, 0.15) is 32.2 Å². The maximum Gasteiger partial charge on any atom is 0.159 e. The molecular weight excluding hydrogens is 232 g/mol. The first kappa shape index (κ1) is 7.39. The van der Waals surface area contributed by atoms with Gasteiger partial charge in [0.15, 0.2) is 5.82 Å². The van der Waals surface area contributed by atoms with Gasteiger partial charge >= 0.3 is 0 Å². The van der Waals surface area contributed by atoms with Crippen LogP contribution in [0.4, 0.5) is 0 Å². The molecule has 0 radical (unpaired) electrons. The molecule has 1 aromatic heterocycles. The lowest BCUT2D eigenvalue weighted by atomic mass is 9.99. The van der Waals surface area contributed by atoms with E-state index in [0.29, 0.717) is 11.4 Å². The minimum atomic E-state index is -0.420. The second kappa shape index (κ2) is 4.81. The van der Waals surface area contributed by atoms with E-state index in [1.54, 1.807) is 6.20 Å². The van der Waals surface area contributed by atoms with E-state index in [0.717, 1.165) is 10.9 Å². The number of hydrogen-bond acceptors (Lipinski definition) is 2. The molecule has 0 saturated carbocycles. The van der Waals surface area contributed by atoms with E-state index in [2.05, 4.69) is 23.8 Å². The molecule has 2 heteroatoms. The van der Waals surface area contributed by atoms with Gasteiger partial charge in [-0.2, -0.15) is 0 Å². The topological polar surface area (TPSA) is 25.8 Å². The van der Waals surface area contributed by atoms with Crippen molar-refractivity contribution < 1.29 is 6.85 Å². The summed E-state index contributed by atoms with van der Waals surface area (Å²) < 4.78 is 39.3. The third kappa shape index (κ3) is 2.22. The summed E-state index contributed by atoms with van der Waals surface area (Å²) in [6, 6.07) is 3.98. The molecule has 0 unspecified atom stereocenters. The lowest BCUT2D eigenvalue weighted by Gasteiger charge is -2.09. The fourth-order valence-corrected chi connectivity index (χ4v) is 2.06. The zero-order valence-electron chi connectivity index (χ0n) is 15.8. The SMILES string of the molecule is [2H]c1c([2H])c([2H])c(-c2ncc3c(C(C)C)cccc3n2)c([2H])c1[2H]. The standard InChI is InChI=1S/C17H16N2/c1-12(2)14-9-6-10-16-15(14)11-18-17(19-16)13-7-4-3-5-8-13/h3-12H,1-2H3/i3D,4D,5D,7D,8D. The summed E-state index contributed by atoms with van der Waals surface area (Å²) in [4.78, 5) is 8.72. The molecule has 3 aromatic rings. The van der Waals surface area contributed by atoms with E-state index < -0.39 is 6.04 Å². The molecule has 0 atom stereocenters. The zero-order valence-corrected chi connectivity index (χ0v) is 10.8. The Balaban J connectivity index is 2.29. The lowest BCUT2D eigenvalue weighted by Crippen LogP contribution is -1.94. The van der Waals surface area contributed by atoms with E-state index in [9.17, 15) is 0 Å². The molecule has 94 valence electrons. The maximum absolute atomic E-state index is 8.04. The average Bonchev–Trinajstić information content (AvgIpc) is 2.57. The van der Waals surface area contributed by atoms with Crippen molar-refractivity contribution in [2.45, 2.75) is 19.8 Å². The van der Waals surface area contributed by atoms with Gasteiger partial charge in [-0.3, -0.25) is 0 Å². The monoisotopic (exact) mass is 253 g/mol. The molecule has 1 heterocycles. The molecule has 19 heavy (non-hydrogen) atoms. The van der Waals surface area contributed by atoms with Crippen molar-refractivity contribution in [3.05, 3.63) is 60.2 Å². The summed E-state index contributed by atoms with van der Waals surface area (Å²) in [5, 5.41) is 0.906. The Kier molecular flexibility index (Phi) is 1.87. The molecule has 0 aliphatic heterocycles. The molecule has 0 amide bonds. The molecule has 2 aromatic carbocycles. The van der Waals surface area contributed by atoms with Gasteiger partial charge in [0.05, 0.1) is 12.4 Å². The fraction of sp³-hybridized carbons (Fsp3) is 0.176. The van der Waals surface area contributed by atoms with Crippen LogP contribution in [0.15, 0.2) is 54.6 Å². The molecular formula is C17H16N2. The number of rotatable bonds is 2.